The standard InChI is InChI=1S/C22H19BrN2O3S/c23-19-7-9-20(10-8-19)29(27,28)25-13-12-17-14-18(6-11-21(17)25)22(26)24-15-16-4-2-1-3-5-16/h1-11,14H,12-13,15H2,(H,24,26). The molecule has 1 heterocycles. The fraction of sp³-hybridized carbons (Fsp3) is 0.136. The maximum absolute atomic E-state index is 13.0. The number of fused-ring (bicyclic) bond motifs is 1. The lowest BCUT2D eigenvalue weighted by Gasteiger charge is -2.19. The van der Waals surface area contributed by atoms with Crippen molar-refractivity contribution in [1.82, 2.24) is 5.32 Å². The second-order valence-electron chi connectivity index (χ2n) is 6.79. The highest BCUT2D eigenvalue weighted by Crippen LogP contribution is 2.33. The Morgan fingerprint density at radius 1 is 1.00 bits per heavy atom. The number of carbonyl (C=O) groups is 1. The Morgan fingerprint density at radius 2 is 1.72 bits per heavy atom. The van der Waals surface area contributed by atoms with E-state index in [9.17, 15) is 13.2 Å². The predicted octanol–water partition coefficient (Wildman–Crippen LogP) is 4.13. The van der Waals surface area contributed by atoms with Gasteiger partial charge in [0.25, 0.3) is 15.9 Å². The van der Waals surface area contributed by atoms with Crippen LogP contribution in [0.25, 0.3) is 0 Å². The van der Waals surface area contributed by atoms with Gasteiger partial charge in [0, 0.05) is 23.1 Å². The number of hydrogen-bond donors (Lipinski definition) is 1. The van der Waals surface area contributed by atoms with Crippen LogP contribution in [0.3, 0.4) is 0 Å². The second-order valence-corrected chi connectivity index (χ2v) is 9.57. The summed E-state index contributed by atoms with van der Waals surface area (Å²) in [7, 11) is -3.64. The zero-order valence-corrected chi connectivity index (χ0v) is 17.9. The van der Waals surface area contributed by atoms with Crippen LogP contribution in [0.1, 0.15) is 21.5 Å². The number of nitrogens with one attached hydrogen (secondary N) is 1. The van der Waals surface area contributed by atoms with Crippen molar-refractivity contribution in [3.8, 4) is 0 Å². The quantitative estimate of drug-likeness (QED) is 0.609. The summed E-state index contributed by atoms with van der Waals surface area (Å²) in [4.78, 5) is 12.8. The first-order chi connectivity index (χ1) is 13.9. The average Bonchev–Trinajstić information content (AvgIpc) is 3.17. The molecule has 0 spiro atoms. The van der Waals surface area contributed by atoms with E-state index in [2.05, 4.69) is 21.2 Å². The normalized spacial score (nSPS) is 13.2. The molecule has 3 aromatic rings. The molecule has 148 valence electrons. The summed E-state index contributed by atoms with van der Waals surface area (Å²) >= 11 is 3.32. The van der Waals surface area contributed by atoms with E-state index in [1.807, 2.05) is 30.3 Å². The van der Waals surface area contributed by atoms with Crippen LogP contribution in [0.5, 0.6) is 0 Å². The second kappa shape index (κ2) is 8.00. The van der Waals surface area contributed by atoms with Gasteiger partial charge in [-0.15, -0.1) is 0 Å². The van der Waals surface area contributed by atoms with Crippen molar-refractivity contribution in [3.05, 3.63) is 94.0 Å². The highest BCUT2D eigenvalue weighted by Gasteiger charge is 2.31. The van der Waals surface area contributed by atoms with Gasteiger partial charge in [0.1, 0.15) is 0 Å². The fourth-order valence-electron chi connectivity index (χ4n) is 3.38. The van der Waals surface area contributed by atoms with E-state index in [1.165, 1.54) is 4.31 Å². The Balaban J connectivity index is 1.53. The third kappa shape index (κ3) is 4.06. The van der Waals surface area contributed by atoms with Gasteiger partial charge in [-0.05, 0) is 60.0 Å². The van der Waals surface area contributed by atoms with Gasteiger partial charge in [0.15, 0.2) is 0 Å². The lowest BCUT2D eigenvalue weighted by Crippen LogP contribution is -2.29. The number of nitrogens with zero attached hydrogens (tertiary/aromatic N) is 1. The highest BCUT2D eigenvalue weighted by molar-refractivity contribution is 9.10. The van der Waals surface area contributed by atoms with Crippen LogP contribution in [0.15, 0.2) is 82.2 Å². The number of sulfonamides is 1. The molecule has 5 nitrogen and oxygen atoms in total. The molecule has 3 aromatic carbocycles. The molecule has 0 unspecified atom stereocenters. The molecular weight excluding hydrogens is 452 g/mol. The molecule has 4 rings (SSSR count). The zero-order valence-electron chi connectivity index (χ0n) is 15.5. The van der Waals surface area contributed by atoms with Gasteiger partial charge in [-0.1, -0.05) is 46.3 Å². The smallest absolute Gasteiger partial charge is 0.264 e. The minimum atomic E-state index is -3.64. The summed E-state index contributed by atoms with van der Waals surface area (Å²) in [6.07, 6.45) is 0.574. The summed E-state index contributed by atoms with van der Waals surface area (Å²) in [5, 5.41) is 2.90. The number of rotatable bonds is 5. The van der Waals surface area contributed by atoms with Crippen molar-refractivity contribution in [2.45, 2.75) is 17.9 Å². The Morgan fingerprint density at radius 3 is 2.45 bits per heavy atom. The Kier molecular flexibility index (Phi) is 5.43. The number of carbonyl (C=O) groups excluding carboxylic acids is 1. The molecule has 1 N–H and O–H groups in total. The van der Waals surface area contributed by atoms with E-state index in [0.717, 1.165) is 15.6 Å². The summed E-state index contributed by atoms with van der Waals surface area (Å²) < 4.78 is 28.3. The molecule has 0 saturated heterocycles. The molecule has 29 heavy (non-hydrogen) atoms. The van der Waals surface area contributed by atoms with E-state index in [4.69, 9.17) is 0 Å². The number of halogens is 1. The number of hydrogen-bond acceptors (Lipinski definition) is 3. The number of anilines is 1. The van der Waals surface area contributed by atoms with Crippen LogP contribution in [0, 0.1) is 0 Å². The third-order valence-corrected chi connectivity index (χ3v) is 7.25. The molecule has 1 aliphatic rings. The topological polar surface area (TPSA) is 66.5 Å². The SMILES string of the molecule is O=C(NCc1ccccc1)c1ccc2c(c1)CCN2S(=O)(=O)c1ccc(Br)cc1. The summed E-state index contributed by atoms with van der Waals surface area (Å²) in [6, 6.07) is 21.5. The van der Waals surface area contributed by atoms with Crippen molar-refractivity contribution in [1.29, 1.82) is 0 Å². The predicted molar refractivity (Wildman–Crippen MR) is 116 cm³/mol. The van der Waals surface area contributed by atoms with Gasteiger partial charge in [-0.3, -0.25) is 9.10 Å². The summed E-state index contributed by atoms with van der Waals surface area (Å²) in [6.45, 7) is 0.809. The van der Waals surface area contributed by atoms with Crippen LogP contribution in [-0.4, -0.2) is 20.9 Å². The monoisotopic (exact) mass is 470 g/mol. The van der Waals surface area contributed by atoms with Gasteiger partial charge in [-0.2, -0.15) is 0 Å². The third-order valence-electron chi connectivity index (χ3n) is 4.89. The molecule has 0 radical (unpaired) electrons. The molecule has 1 amide bonds. The van der Waals surface area contributed by atoms with Gasteiger partial charge in [0.2, 0.25) is 0 Å². The van der Waals surface area contributed by atoms with Gasteiger partial charge in [0.05, 0.1) is 10.6 Å². The van der Waals surface area contributed by atoms with E-state index in [0.29, 0.717) is 30.8 Å². The van der Waals surface area contributed by atoms with Crippen molar-refractivity contribution in [2.24, 2.45) is 0 Å². The minimum absolute atomic E-state index is 0.175. The van der Waals surface area contributed by atoms with Crippen molar-refractivity contribution < 1.29 is 13.2 Å². The molecule has 0 aliphatic carbocycles. The molecule has 0 bridgehead atoms. The Labute approximate surface area is 178 Å². The molecule has 0 atom stereocenters. The molecule has 0 saturated carbocycles. The highest BCUT2D eigenvalue weighted by atomic mass is 79.9. The summed E-state index contributed by atoms with van der Waals surface area (Å²) in [5.74, 6) is -0.175. The molecular formula is C22H19BrN2O3S. The molecule has 0 aromatic heterocycles. The zero-order chi connectivity index (χ0) is 20.4. The number of amides is 1. The van der Waals surface area contributed by atoms with Crippen LogP contribution < -0.4 is 9.62 Å². The van der Waals surface area contributed by atoms with Gasteiger partial charge < -0.3 is 5.32 Å². The Hall–Kier alpha value is -2.64. The Bertz CT molecular complexity index is 1150. The molecule has 1 aliphatic heterocycles. The molecule has 7 heteroatoms. The van der Waals surface area contributed by atoms with E-state index < -0.39 is 10.0 Å². The van der Waals surface area contributed by atoms with Crippen molar-refractivity contribution in [2.75, 3.05) is 10.8 Å². The minimum Gasteiger partial charge on any atom is -0.348 e. The lowest BCUT2D eigenvalue weighted by atomic mass is 10.1. The van der Waals surface area contributed by atoms with Gasteiger partial charge >= 0.3 is 0 Å². The van der Waals surface area contributed by atoms with E-state index >= 15 is 0 Å². The molecule has 0 fully saturated rings. The van der Waals surface area contributed by atoms with Crippen molar-refractivity contribution in [3.63, 3.8) is 0 Å². The van der Waals surface area contributed by atoms with Crippen molar-refractivity contribution >= 4 is 37.5 Å². The van der Waals surface area contributed by atoms with E-state index in [1.54, 1.807) is 42.5 Å². The van der Waals surface area contributed by atoms with Crippen LogP contribution in [0.2, 0.25) is 0 Å². The van der Waals surface area contributed by atoms with E-state index in [-0.39, 0.29) is 10.8 Å². The number of benzene rings is 3. The maximum atomic E-state index is 13.0. The first-order valence-electron chi connectivity index (χ1n) is 9.18. The van der Waals surface area contributed by atoms with Crippen LogP contribution in [-0.2, 0) is 23.0 Å². The summed E-state index contributed by atoms with van der Waals surface area (Å²) in [5.41, 5.74) is 3.04. The fourth-order valence-corrected chi connectivity index (χ4v) is 5.14. The van der Waals surface area contributed by atoms with Crippen LogP contribution in [0.4, 0.5) is 5.69 Å². The maximum Gasteiger partial charge on any atom is 0.264 e. The lowest BCUT2D eigenvalue weighted by molar-refractivity contribution is 0.0951. The first-order valence-corrected chi connectivity index (χ1v) is 11.4. The average molecular weight is 471 g/mol. The largest absolute Gasteiger partial charge is 0.348 e. The first kappa shape index (κ1) is 19.7. The van der Waals surface area contributed by atoms with Gasteiger partial charge in [-0.25, -0.2) is 8.42 Å². The van der Waals surface area contributed by atoms with Crippen LogP contribution >= 0.6 is 15.9 Å².